The molecular formula is C6H6BrClF2N2. The number of halogens is 4. The Labute approximate surface area is 82.5 Å². The Hall–Kier alpha value is -0.160. The maximum atomic E-state index is 12.4. The second-order valence-corrected chi connectivity index (χ2v) is 3.52. The van der Waals surface area contributed by atoms with Crippen molar-refractivity contribution in [2.75, 3.05) is 0 Å². The molecule has 0 radical (unpaired) electrons. The minimum absolute atomic E-state index is 0. The zero-order valence-electron chi connectivity index (χ0n) is 5.90. The predicted molar refractivity (Wildman–Crippen MR) is 37.3 cm³/mol. The van der Waals surface area contributed by atoms with Crippen LogP contribution in [0.2, 0.25) is 0 Å². The van der Waals surface area contributed by atoms with Crippen molar-refractivity contribution in [3.63, 3.8) is 0 Å². The van der Waals surface area contributed by atoms with Crippen LogP contribution in [-0.4, -0.2) is 10.6 Å². The van der Waals surface area contributed by atoms with Gasteiger partial charge in [0.1, 0.15) is 0 Å². The summed E-state index contributed by atoms with van der Waals surface area (Å²) in [6.45, 7) is 0. The largest absolute Gasteiger partial charge is 1.00 e. The fraction of sp³-hybridized carbons (Fsp3) is 0.500. The van der Waals surface area contributed by atoms with E-state index in [-0.39, 0.29) is 18.8 Å². The Kier molecular flexibility index (Phi) is 2.45. The summed E-state index contributed by atoms with van der Waals surface area (Å²) in [7, 11) is 0. The van der Waals surface area contributed by atoms with E-state index in [0.717, 1.165) is 4.60 Å². The van der Waals surface area contributed by atoms with Gasteiger partial charge in [0.15, 0.2) is 6.04 Å². The monoisotopic (exact) mass is 258 g/mol. The molecule has 0 amide bonds. The number of alkyl halides is 2. The Morgan fingerprint density at radius 1 is 1.67 bits per heavy atom. The number of rotatable bonds is 1. The third-order valence-corrected chi connectivity index (χ3v) is 2.19. The van der Waals surface area contributed by atoms with Crippen molar-refractivity contribution in [1.82, 2.24) is 4.68 Å². The molecule has 0 spiro atoms. The number of hydrogen-bond donors (Lipinski definition) is 0. The van der Waals surface area contributed by atoms with Crippen LogP contribution in [0.4, 0.5) is 8.78 Å². The Morgan fingerprint density at radius 3 is 2.58 bits per heavy atom. The van der Waals surface area contributed by atoms with E-state index in [2.05, 4.69) is 21.0 Å². The summed E-state index contributed by atoms with van der Waals surface area (Å²) in [6, 6.07) is 1.04. The molecule has 12 heavy (non-hydrogen) atoms. The molecule has 6 heteroatoms. The predicted octanol–water partition coefficient (Wildman–Crippen LogP) is -1.35. The molecule has 0 saturated heterocycles. The van der Waals surface area contributed by atoms with Crippen LogP contribution in [0.5, 0.6) is 0 Å². The summed E-state index contributed by atoms with van der Waals surface area (Å²) in [5.41, 5.74) is 0. The van der Waals surface area contributed by atoms with E-state index in [1.165, 1.54) is 4.68 Å². The molecule has 1 unspecified atom stereocenters. The summed E-state index contributed by atoms with van der Waals surface area (Å²) in [6.07, 6.45) is 1.56. The molecule has 0 bridgehead atoms. The van der Waals surface area contributed by atoms with Gasteiger partial charge < -0.3 is 12.4 Å². The number of aromatic amines is 1. The lowest BCUT2D eigenvalue weighted by Crippen LogP contribution is -3.00. The molecule has 2 nitrogen and oxygen atoms in total. The van der Waals surface area contributed by atoms with Crippen molar-refractivity contribution in [2.45, 2.75) is 18.4 Å². The van der Waals surface area contributed by atoms with Gasteiger partial charge in [-0.3, -0.25) is 0 Å². The van der Waals surface area contributed by atoms with E-state index in [1.54, 1.807) is 12.3 Å². The quantitative estimate of drug-likeness (QED) is 0.594. The van der Waals surface area contributed by atoms with Crippen LogP contribution < -0.4 is 17.5 Å². The summed E-state index contributed by atoms with van der Waals surface area (Å²) in [5.74, 6) is -2.50. The molecule has 1 saturated carbocycles. The van der Waals surface area contributed by atoms with Crippen molar-refractivity contribution in [2.24, 2.45) is 0 Å². The van der Waals surface area contributed by atoms with Gasteiger partial charge in [-0.25, -0.2) is 8.78 Å². The number of hydrogen-bond acceptors (Lipinski definition) is 0. The topological polar surface area (TPSA) is 19.1 Å². The average molecular weight is 259 g/mol. The van der Waals surface area contributed by atoms with Gasteiger partial charge >= 0.3 is 0 Å². The Morgan fingerprint density at radius 2 is 2.25 bits per heavy atom. The second-order valence-electron chi connectivity index (χ2n) is 2.66. The van der Waals surface area contributed by atoms with E-state index in [4.69, 9.17) is 0 Å². The molecule has 1 atom stereocenters. The fourth-order valence-corrected chi connectivity index (χ4v) is 1.35. The Balaban J connectivity index is 0.000000720. The molecular weight excluding hydrogens is 253 g/mol. The van der Waals surface area contributed by atoms with Gasteiger partial charge in [-0.15, -0.1) is 5.10 Å². The van der Waals surface area contributed by atoms with Gasteiger partial charge in [0.25, 0.3) is 10.5 Å². The van der Waals surface area contributed by atoms with Crippen molar-refractivity contribution >= 4 is 15.9 Å². The molecule has 1 aliphatic rings. The van der Waals surface area contributed by atoms with E-state index in [0.29, 0.717) is 0 Å². The van der Waals surface area contributed by atoms with E-state index in [1.807, 2.05) is 0 Å². The lowest BCUT2D eigenvalue weighted by atomic mass is 10.6. The minimum atomic E-state index is -2.50. The van der Waals surface area contributed by atoms with E-state index < -0.39 is 12.0 Å². The molecule has 1 aromatic rings. The van der Waals surface area contributed by atoms with Crippen LogP contribution >= 0.6 is 15.9 Å². The molecule has 1 fully saturated rings. The second kappa shape index (κ2) is 2.96. The molecule has 1 N–H and O–H groups in total. The van der Waals surface area contributed by atoms with Crippen LogP contribution in [0.25, 0.3) is 0 Å². The van der Waals surface area contributed by atoms with Gasteiger partial charge in [-0.2, -0.15) is 4.68 Å². The van der Waals surface area contributed by atoms with Crippen LogP contribution in [0, 0.1) is 0 Å². The first kappa shape index (κ1) is 9.92. The maximum absolute atomic E-state index is 12.4. The lowest BCUT2D eigenvalue weighted by Gasteiger charge is -1.91. The molecule has 1 heterocycles. The highest BCUT2D eigenvalue weighted by Crippen LogP contribution is 2.51. The average Bonchev–Trinajstić information content (AvgIpc) is 2.39. The van der Waals surface area contributed by atoms with Gasteiger partial charge in [0, 0.05) is 28.4 Å². The molecule has 0 aromatic carbocycles. The van der Waals surface area contributed by atoms with Crippen LogP contribution in [-0.2, 0) is 0 Å². The third-order valence-electron chi connectivity index (χ3n) is 1.75. The van der Waals surface area contributed by atoms with Crippen LogP contribution in [0.3, 0.4) is 0 Å². The zero-order valence-corrected chi connectivity index (χ0v) is 8.24. The van der Waals surface area contributed by atoms with Crippen molar-refractivity contribution in [1.29, 1.82) is 0 Å². The summed E-state index contributed by atoms with van der Waals surface area (Å²) in [5, 5.41) is 2.75. The summed E-state index contributed by atoms with van der Waals surface area (Å²) in [4.78, 5) is 0. The SMILES string of the molecule is FC1(F)CC1n1ccc(Br)[nH+]1.[Cl-]. The van der Waals surface area contributed by atoms with E-state index in [9.17, 15) is 8.78 Å². The first-order valence-corrected chi connectivity index (χ1v) is 4.02. The van der Waals surface area contributed by atoms with Crippen molar-refractivity contribution < 1.29 is 26.3 Å². The highest BCUT2D eigenvalue weighted by Gasteiger charge is 2.60. The smallest absolute Gasteiger partial charge is 0.276 e. The number of nitrogens with zero attached hydrogens (tertiary/aromatic N) is 1. The van der Waals surface area contributed by atoms with Gasteiger partial charge in [0.2, 0.25) is 0 Å². The summed E-state index contributed by atoms with van der Waals surface area (Å²) >= 11 is 3.14. The highest BCUT2D eigenvalue weighted by molar-refractivity contribution is 9.10. The van der Waals surface area contributed by atoms with Gasteiger partial charge in [0.05, 0.1) is 6.20 Å². The van der Waals surface area contributed by atoms with Crippen LogP contribution in [0.15, 0.2) is 16.9 Å². The number of nitrogens with one attached hydrogen (secondary N) is 1. The molecule has 2 rings (SSSR count). The Bertz CT molecular complexity index is 289. The highest BCUT2D eigenvalue weighted by atomic mass is 79.9. The van der Waals surface area contributed by atoms with Crippen LogP contribution in [0.1, 0.15) is 12.5 Å². The zero-order chi connectivity index (χ0) is 8.06. The number of aromatic nitrogens is 2. The standard InChI is InChI=1S/C6H5BrF2N2.ClH/c7-5-1-2-11(10-5)4-3-6(4,8)9;/h1-2,4H,3H2;1H. The van der Waals surface area contributed by atoms with Crippen molar-refractivity contribution in [3.05, 3.63) is 16.9 Å². The normalized spacial score (nSPS) is 24.8. The fourth-order valence-electron chi connectivity index (χ4n) is 1.03. The van der Waals surface area contributed by atoms with Crippen molar-refractivity contribution in [3.8, 4) is 0 Å². The number of H-pyrrole nitrogens is 1. The molecule has 0 aliphatic heterocycles. The molecule has 1 aliphatic carbocycles. The maximum Gasteiger partial charge on any atom is 0.276 e. The molecule has 68 valence electrons. The third kappa shape index (κ3) is 1.61. The minimum Gasteiger partial charge on any atom is -1.00 e. The first-order chi connectivity index (χ1) is 5.09. The van der Waals surface area contributed by atoms with Gasteiger partial charge in [-0.1, -0.05) is 0 Å². The van der Waals surface area contributed by atoms with E-state index >= 15 is 0 Å². The first-order valence-electron chi connectivity index (χ1n) is 3.23. The van der Waals surface area contributed by atoms with Gasteiger partial charge in [-0.05, 0) is 0 Å². The summed E-state index contributed by atoms with van der Waals surface area (Å²) < 4.78 is 27.0. The lowest BCUT2D eigenvalue weighted by molar-refractivity contribution is -0.503. The molecule has 1 aromatic heterocycles.